The molecule has 3 aromatic rings. The third kappa shape index (κ3) is 7.87. The fraction of sp³-hybridized carbons (Fsp3) is 0.208. The van der Waals surface area contributed by atoms with Gasteiger partial charge in [0.25, 0.3) is 5.91 Å². The number of anilines is 1. The van der Waals surface area contributed by atoms with E-state index in [4.69, 9.17) is 15.2 Å². The van der Waals surface area contributed by atoms with Crippen molar-refractivity contribution in [3.05, 3.63) is 78.4 Å². The highest BCUT2D eigenvalue weighted by molar-refractivity contribution is 6.05. The SMILES string of the molecule is CCOCCOc1cc(C(=O)Nc2ccc(N=C(C=C(N)c3cccnc3)C(F)(F)F)cn2)ccn1. The molecule has 0 saturated heterocycles. The normalized spacial score (nSPS) is 12.3. The third-order valence-electron chi connectivity index (χ3n) is 4.50. The van der Waals surface area contributed by atoms with E-state index in [1.807, 2.05) is 6.92 Å². The number of aliphatic imine (C=N–C) groups is 1. The van der Waals surface area contributed by atoms with Gasteiger partial charge in [-0.15, -0.1) is 0 Å². The van der Waals surface area contributed by atoms with E-state index < -0.39 is 17.8 Å². The number of rotatable bonds is 10. The molecule has 0 radical (unpaired) electrons. The fourth-order valence-electron chi connectivity index (χ4n) is 2.77. The summed E-state index contributed by atoms with van der Waals surface area (Å²) in [5.74, 6) is -0.134. The van der Waals surface area contributed by atoms with Gasteiger partial charge >= 0.3 is 6.18 Å². The molecule has 3 aromatic heterocycles. The molecule has 0 fully saturated rings. The van der Waals surface area contributed by atoms with Crippen LogP contribution in [-0.4, -0.2) is 52.6 Å². The van der Waals surface area contributed by atoms with Crippen LogP contribution in [0.1, 0.15) is 22.8 Å². The van der Waals surface area contributed by atoms with E-state index in [1.54, 1.807) is 6.07 Å². The Labute approximate surface area is 204 Å². The highest BCUT2D eigenvalue weighted by atomic mass is 19.4. The van der Waals surface area contributed by atoms with Gasteiger partial charge in [0.05, 0.1) is 18.5 Å². The van der Waals surface area contributed by atoms with Crippen LogP contribution in [0.25, 0.3) is 5.70 Å². The lowest BCUT2D eigenvalue weighted by atomic mass is 10.1. The number of ether oxygens (including phenoxy) is 2. The van der Waals surface area contributed by atoms with Gasteiger partial charge in [0.15, 0.2) is 0 Å². The first-order valence-corrected chi connectivity index (χ1v) is 10.7. The number of carbonyl (C=O) groups excluding carboxylic acids is 1. The molecule has 0 spiro atoms. The van der Waals surface area contributed by atoms with Crippen molar-refractivity contribution >= 4 is 28.8 Å². The number of hydrogen-bond donors (Lipinski definition) is 2. The maximum atomic E-state index is 13.5. The van der Waals surface area contributed by atoms with Crippen molar-refractivity contribution in [3.8, 4) is 5.88 Å². The van der Waals surface area contributed by atoms with Crippen LogP contribution < -0.4 is 15.8 Å². The molecule has 1 amide bonds. The minimum absolute atomic E-state index is 0.0792. The number of aromatic nitrogens is 3. The minimum atomic E-state index is -4.76. The summed E-state index contributed by atoms with van der Waals surface area (Å²) in [5, 5.41) is 2.56. The molecule has 0 aromatic carbocycles. The first kappa shape index (κ1) is 26.3. The first-order valence-electron chi connectivity index (χ1n) is 10.7. The summed E-state index contributed by atoms with van der Waals surface area (Å²) >= 11 is 0. The summed E-state index contributed by atoms with van der Waals surface area (Å²) in [6.45, 7) is 3.08. The smallest absolute Gasteiger partial charge is 0.433 e. The summed E-state index contributed by atoms with van der Waals surface area (Å²) in [7, 11) is 0. The number of pyridine rings is 3. The van der Waals surface area contributed by atoms with E-state index in [2.05, 4.69) is 25.3 Å². The standard InChI is InChI=1S/C24H23F3N6O3/c1-2-35-10-11-36-22-12-16(7-9-30-22)23(34)33-21-6-5-18(15-31-21)32-20(24(25,26)27)13-19(28)17-4-3-8-29-14-17/h3-9,12-15H,2,10-11,28H2,1H3,(H,31,33,34). The summed E-state index contributed by atoms with van der Waals surface area (Å²) in [5.41, 5.74) is 4.94. The van der Waals surface area contributed by atoms with Crippen LogP contribution in [0.2, 0.25) is 0 Å². The fourth-order valence-corrected chi connectivity index (χ4v) is 2.77. The zero-order chi connectivity index (χ0) is 26.0. The van der Waals surface area contributed by atoms with Crippen LogP contribution in [-0.2, 0) is 4.74 Å². The van der Waals surface area contributed by atoms with E-state index in [0.29, 0.717) is 18.8 Å². The third-order valence-corrected chi connectivity index (χ3v) is 4.50. The maximum Gasteiger partial charge on any atom is 0.433 e. The Morgan fingerprint density at radius 3 is 2.61 bits per heavy atom. The molecule has 0 bridgehead atoms. The first-order chi connectivity index (χ1) is 17.3. The molecule has 188 valence electrons. The zero-order valence-electron chi connectivity index (χ0n) is 19.2. The zero-order valence-corrected chi connectivity index (χ0v) is 19.2. The average molecular weight is 500 g/mol. The predicted molar refractivity (Wildman–Crippen MR) is 128 cm³/mol. The van der Waals surface area contributed by atoms with Gasteiger partial charge in [-0.2, -0.15) is 13.2 Å². The highest BCUT2D eigenvalue weighted by Crippen LogP contribution is 2.24. The molecular weight excluding hydrogens is 477 g/mol. The van der Waals surface area contributed by atoms with Crippen molar-refractivity contribution in [3.63, 3.8) is 0 Å². The lowest BCUT2D eigenvalue weighted by molar-refractivity contribution is -0.0576. The van der Waals surface area contributed by atoms with Gasteiger partial charge in [0.1, 0.15) is 18.1 Å². The van der Waals surface area contributed by atoms with Gasteiger partial charge in [-0.1, -0.05) is 0 Å². The second-order valence-corrected chi connectivity index (χ2v) is 7.12. The van der Waals surface area contributed by atoms with Gasteiger partial charge in [-0.05, 0) is 43.3 Å². The van der Waals surface area contributed by atoms with Gasteiger partial charge < -0.3 is 20.5 Å². The predicted octanol–water partition coefficient (Wildman–Crippen LogP) is 4.17. The molecule has 0 aliphatic carbocycles. The van der Waals surface area contributed by atoms with Gasteiger partial charge in [-0.3, -0.25) is 9.78 Å². The van der Waals surface area contributed by atoms with E-state index in [1.165, 1.54) is 48.9 Å². The number of allylic oxidation sites excluding steroid dienone is 1. The number of amides is 1. The Morgan fingerprint density at radius 2 is 1.94 bits per heavy atom. The monoisotopic (exact) mass is 500 g/mol. The quantitative estimate of drug-likeness (QED) is 0.316. The minimum Gasteiger partial charge on any atom is -0.475 e. The molecule has 3 N–H and O–H groups in total. The lowest BCUT2D eigenvalue weighted by Gasteiger charge is -2.09. The van der Waals surface area contributed by atoms with Crippen molar-refractivity contribution in [1.29, 1.82) is 0 Å². The van der Waals surface area contributed by atoms with Crippen molar-refractivity contribution in [2.24, 2.45) is 10.7 Å². The second-order valence-electron chi connectivity index (χ2n) is 7.12. The summed E-state index contributed by atoms with van der Waals surface area (Å²) in [6, 6.07) is 8.65. The number of nitrogens with zero attached hydrogens (tertiary/aromatic N) is 4. The van der Waals surface area contributed by atoms with Crippen LogP contribution in [0.15, 0.2) is 72.3 Å². The molecule has 0 aliphatic heterocycles. The van der Waals surface area contributed by atoms with Crippen LogP contribution in [0.3, 0.4) is 0 Å². The van der Waals surface area contributed by atoms with Crippen LogP contribution >= 0.6 is 0 Å². The molecule has 0 saturated carbocycles. The molecule has 0 aliphatic rings. The number of hydrogen-bond acceptors (Lipinski definition) is 8. The molecule has 0 unspecified atom stereocenters. The Bertz CT molecular complexity index is 1220. The maximum absolute atomic E-state index is 13.5. The van der Waals surface area contributed by atoms with E-state index in [0.717, 1.165) is 12.3 Å². The van der Waals surface area contributed by atoms with Crippen LogP contribution in [0.5, 0.6) is 5.88 Å². The molecule has 12 heteroatoms. The van der Waals surface area contributed by atoms with Crippen LogP contribution in [0, 0.1) is 0 Å². The van der Waals surface area contributed by atoms with E-state index >= 15 is 0 Å². The molecule has 9 nitrogen and oxygen atoms in total. The summed E-state index contributed by atoms with van der Waals surface area (Å²) in [6.07, 6.45) is 1.31. The molecular formula is C24H23F3N6O3. The number of nitrogens with two attached hydrogens (primary N) is 1. The number of carbonyl (C=O) groups is 1. The van der Waals surface area contributed by atoms with Crippen molar-refractivity contribution in [2.75, 3.05) is 25.1 Å². The highest BCUT2D eigenvalue weighted by Gasteiger charge is 2.34. The number of halogens is 3. The van der Waals surface area contributed by atoms with E-state index in [-0.39, 0.29) is 35.3 Å². The Hall–Kier alpha value is -4.32. The van der Waals surface area contributed by atoms with E-state index in [9.17, 15) is 18.0 Å². The average Bonchev–Trinajstić information content (AvgIpc) is 2.87. The Balaban J connectivity index is 1.71. The molecule has 3 heterocycles. The largest absolute Gasteiger partial charge is 0.475 e. The topological polar surface area (TPSA) is 125 Å². The Kier molecular flexibility index (Phi) is 9.06. The Morgan fingerprint density at radius 1 is 1.11 bits per heavy atom. The summed E-state index contributed by atoms with van der Waals surface area (Å²) < 4.78 is 51.2. The number of alkyl halides is 3. The van der Waals surface area contributed by atoms with Crippen molar-refractivity contribution in [1.82, 2.24) is 15.0 Å². The number of nitrogens with one attached hydrogen (secondary N) is 1. The van der Waals surface area contributed by atoms with Gasteiger partial charge in [-0.25, -0.2) is 15.0 Å². The van der Waals surface area contributed by atoms with Crippen LogP contribution in [0.4, 0.5) is 24.7 Å². The van der Waals surface area contributed by atoms with Gasteiger partial charge in [0, 0.05) is 48.1 Å². The summed E-state index contributed by atoms with van der Waals surface area (Å²) in [4.78, 5) is 28.0. The molecule has 36 heavy (non-hydrogen) atoms. The lowest BCUT2D eigenvalue weighted by Crippen LogP contribution is -2.22. The van der Waals surface area contributed by atoms with Gasteiger partial charge in [0.2, 0.25) is 5.88 Å². The molecule has 0 atom stereocenters. The second kappa shape index (κ2) is 12.4. The molecule has 3 rings (SSSR count). The van der Waals surface area contributed by atoms with Crippen molar-refractivity contribution < 1.29 is 27.4 Å². The van der Waals surface area contributed by atoms with Crippen molar-refractivity contribution in [2.45, 2.75) is 13.1 Å².